The number of aromatic nitrogens is 1. The number of hydrogen-bond donors (Lipinski definition) is 3. The van der Waals surface area contributed by atoms with Gasteiger partial charge in [-0.15, -0.1) is 0 Å². The highest BCUT2D eigenvalue weighted by Crippen LogP contribution is 2.18. The smallest absolute Gasteiger partial charge is 0.354 e. The number of aromatic amines is 1. The number of aromatic carboxylic acids is 1. The largest absolute Gasteiger partial charge is 0.477 e. The number of carboxylic acid groups (broad SMARTS) is 1. The van der Waals surface area contributed by atoms with Crippen molar-refractivity contribution in [3.63, 3.8) is 0 Å². The van der Waals surface area contributed by atoms with E-state index in [-0.39, 0.29) is 17.3 Å². The Kier molecular flexibility index (Phi) is 3.89. The topological polar surface area (TPSA) is 82.2 Å². The van der Waals surface area contributed by atoms with E-state index in [2.05, 4.69) is 32.9 Å². The molecule has 0 spiro atoms. The van der Waals surface area contributed by atoms with Crippen molar-refractivity contribution < 1.29 is 14.7 Å². The molecule has 0 atom stereocenters. The molecular formula is C13H11IN2O3. The van der Waals surface area contributed by atoms with Gasteiger partial charge in [-0.1, -0.05) is 6.07 Å². The normalized spacial score (nSPS) is 10.2. The Morgan fingerprint density at radius 3 is 2.68 bits per heavy atom. The molecule has 1 aromatic heterocycles. The van der Waals surface area contributed by atoms with Crippen molar-refractivity contribution in [1.29, 1.82) is 0 Å². The summed E-state index contributed by atoms with van der Waals surface area (Å²) in [7, 11) is 0. The van der Waals surface area contributed by atoms with Gasteiger partial charge >= 0.3 is 5.97 Å². The molecule has 98 valence electrons. The fraction of sp³-hybridized carbons (Fsp3) is 0.0769. The highest BCUT2D eigenvalue weighted by atomic mass is 127. The molecule has 19 heavy (non-hydrogen) atoms. The average molecular weight is 370 g/mol. The molecule has 0 saturated carbocycles. The van der Waals surface area contributed by atoms with Crippen LogP contribution >= 0.6 is 22.6 Å². The molecule has 1 amide bonds. The fourth-order valence-corrected chi connectivity index (χ4v) is 2.22. The summed E-state index contributed by atoms with van der Waals surface area (Å²) < 4.78 is 0.939. The van der Waals surface area contributed by atoms with Crippen molar-refractivity contribution in [2.45, 2.75) is 6.92 Å². The summed E-state index contributed by atoms with van der Waals surface area (Å²) in [5.74, 6) is -1.44. The third-order valence-electron chi connectivity index (χ3n) is 2.50. The van der Waals surface area contributed by atoms with Crippen LogP contribution in [0.2, 0.25) is 0 Å². The molecule has 0 radical (unpaired) electrons. The number of carbonyl (C=O) groups is 2. The first-order valence-corrected chi connectivity index (χ1v) is 6.55. The zero-order chi connectivity index (χ0) is 14.0. The van der Waals surface area contributed by atoms with Gasteiger partial charge in [0, 0.05) is 14.8 Å². The quantitative estimate of drug-likeness (QED) is 0.727. The highest BCUT2D eigenvalue weighted by molar-refractivity contribution is 14.1. The van der Waals surface area contributed by atoms with E-state index >= 15 is 0 Å². The lowest BCUT2D eigenvalue weighted by Crippen LogP contribution is -2.14. The number of carboxylic acids is 1. The van der Waals surface area contributed by atoms with Crippen molar-refractivity contribution in [1.82, 2.24) is 4.98 Å². The Balaban J connectivity index is 2.26. The van der Waals surface area contributed by atoms with E-state index in [4.69, 9.17) is 5.11 Å². The third-order valence-corrected chi connectivity index (χ3v) is 3.17. The van der Waals surface area contributed by atoms with Crippen molar-refractivity contribution >= 4 is 40.2 Å². The Bertz CT molecular complexity index is 649. The first kappa shape index (κ1) is 13.6. The standard InChI is InChI=1S/C13H11IN2O3/c1-7-5-10(11(15-7)13(18)19)16-12(17)8-3-2-4-9(14)6-8/h2-6,15H,1H3,(H,16,17)(H,18,19). The summed E-state index contributed by atoms with van der Waals surface area (Å²) >= 11 is 2.11. The van der Waals surface area contributed by atoms with Crippen LogP contribution < -0.4 is 5.32 Å². The predicted molar refractivity (Wildman–Crippen MR) is 79.6 cm³/mol. The zero-order valence-electron chi connectivity index (χ0n) is 10.0. The summed E-state index contributed by atoms with van der Waals surface area (Å²) in [6.45, 7) is 1.73. The van der Waals surface area contributed by atoms with Gasteiger partial charge in [-0.2, -0.15) is 0 Å². The molecule has 0 unspecified atom stereocenters. The maximum Gasteiger partial charge on any atom is 0.354 e. The molecule has 6 heteroatoms. The van der Waals surface area contributed by atoms with Gasteiger partial charge in [-0.3, -0.25) is 4.79 Å². The predicted octanol–water partition coefficient (Wildman–Crippen LogP) is 2.88. The number of aryl methyl sites for hydroxylation is 1. The molecule has 0 fully saturated rings. The monoisotopic (exact) mass is 370 g/mol. The van der Waals surface area contributed by atoms with Crippen LogP contribution in [0.25, 0.3) is 0 Å². The zero-order valence-corrected chi connectivity index (χ0v) is 12.2. The third kappa shape index (κ3) is 3.14. The molecule has 1 aromatic carbocycles. The van der Waals surface area contributed by atoms with Crippen LogP contribution in [0.1, 0.15) is 26.5 Å². The highest BCUT2D eigenvalue weighted by Gasteiger charge is 2.16. The molecular weight excluding hydrogens is 359 g/mol. The first-order chi connectivity index (χ1) is 8.97. The Morgan fingerprint density at radius 1 is 1.32 bits per heavy atom. The molecule has 1 heterocycles. The van der Waals surface area contributed by atoms with Crippen molar-refractivity contribution in [2.24, 2.45) is 0 Å². The molecule has 2 rings (SSSR count). The van der Waals surface area contributed by atoms with Gasteiger partial charge in [0.25, 0.3) is 5.91 Å². The van der Waals surface area contributed by atoms with Crippen LogP contribution in [0.3, 0.4) is 0 Å². The lowest BCUT2D eigenvalue weighted by Gasteiger charge is -2.04. The van der Waals surface area contributed by atoms with Crippen molar-refractivity contribution in [3.8, 4) is 0 Å². The number of hydrogen-bond acceptors (Lipinski definition) is 2. The first-order valence-electron chi connectivity index (χ1n) is 5.47. The van der Waals surface area contributed by atoms with Gasteiger partial charge in [0.2, 0.25) is 0 Å². The van der Waals surface area contributed by atoms with Crippen molar-refractivity contribution in [3.05, 3.63) is 50.9 Å². The number of carbonyl (C=O) groups excluding carboxylic acids is 1. The van der Waals surface area contributed by atoms with E-state index < -0.39 is 5.97 Å². The van der Waals surface area contributed by atoms with Gasteiger partial charge in [0.15, 0.2) is 0 Å². The van der Waals surface area contributed by atoms with Crippen LogP contribution in [0.15, 0.2) is 30.3 Å². The summed E-state index contributed by atoms with van der Waals surface area (Å²) in [6, 6.07) is 8.65. The number of amides is 1. The van der Waals surface area contributed by atoms with Crippen molar-refractivity contribution in [2.75, 3.05) is 5.32 Å². The molecule has 0 bridgehead atoms. The number of benzene rings is 1. The molecule has 0 aliphatic rings. The van der Waals surface area contributed by atoms with Crippen LogP contribution in [-0.4, -0.2) is 22.0 Å². The SMILES string of the molecule is Cc1cc(NC(=O)c2cccc(I)c2)c(C(=O)O)[nH]1. The average Bonchev–Trinajstić information content (AvgIpc) is 2.70. The van der Waals surface area contributed by atoms with E-state index in [1.54, 1.807) is 31.2 Å². The van der Waals surface area contributed by atoms with E-state index in [9.17, 15) is 9.59 Å². The van der Waals surface area contributed by atoms with Crippen LogP contribution in [0.5, 0.6) is 0 Å². The van der Waals surface area contributed by atoms with Gasteiger partial charge in [0.05, 0.1) is 5.69 Å². The molecule has 0 aliphatic heterocycles. The minimum absolute atomic E-state index is 0.0171. The second-order valence-corrected chi connectivity index (χ2v) is 5.26. The second-order valence-electron chi connectivity index (χ2n) is 4.01. The number of rotatable bonds is 3. The summed E-state index contributed by atoms with van der Waals surface area (Å²) in [4.78, 5) is 25.7. The van der Waals surface area contributed by atoms with Gasteiger partial charge in [-0.05, 0) is 53.8 Å². The Hall–Kier alpha value is -1.83. The summed E-state index contributed by atoms with van der Waals surface area (Å²) in [5.41, 5.74) is 1.42. The molecule has 2 aromatic rings. The van der Waals surface area contributed by atoms with Crippen LogP contribution in [-0.2, 0) is 0 Å². The van der Waals surface area contributed by atoms with Gasteiger partial charge in [0.1, 0.15) is 5.69 Å². The van der Waals surface area contributed by atoms with Gasteiger partial charge in [-0.25, -0.2) is 4.79 Å². The van der Waals surface area contributed by atoms with Crippen LogP contribution in [0.4, 0.5) is 5.69 Å². The van der Waals surface area contributed by atoms with E-state index in [1.807, 2.05) is 6.07 Å². The number of anilines is 1. The molecule has 0 saturated heterocycles. The maximum atomic E-state index is 12.0. The molecule has 0 aliphatic carbocycles. The van der Waals surface area contributed by atoms with Gasteiger partial charge < -0.3 is 15.4 Å². The van der Waals surface area contributed by atoms with Crippen LogP contribution in [0, 0.1) is 10.5 Å². The maximum absolute atomic E-state index is 12.0. The van der Waals surface area contributed by atoms with E-state index in [0.717, 1.165) is 3.57 Å². The number of H-pyrrole nitrogens is 1. The lowest BCUT2D eigenvalue weighted by atomic mass is 10.2. The van der Waals surface area contributed by atoms with E-state index in [1.165, 1.54) is 0 Å². The molecule has 3 N–H and O–H groups in total. The number of halogens is 1. The fourth-order valence-electron chi connectivity index (χ4n) is 1.68. The summed E-state index contributed by atoms with van der Waals surface area (Å²) in [5, 5.41) is 11.6. The lowest BCUT2D eigenvalue weighted by molar-refractivity contribution is 0.0692. The summed E-state index contributed by atoms with van der Waals surface area (Å²) in [6.07, 6.45) is 0. The molecule has 5 nitrogen and oxygen atoms in total. The minimum atomic E-state index is -1.11. The number of nitrogens with one attached hydrogen (secondary N) is 2. The minimum Gasteiger partial charge on any atom is -0.477 e. The second kappa shape index (κ2) is 5.43. The Labute approximate surface area is 123 Å². The Morgan fingerprint density at radius 2 is 2.05 bits per heavy atom. The van der Waals surface area contributed by atoms with E-state index in [0.29, 0.717) is 11.3 Å².